The number of ether oxygens (including phenoxy) is 1. The Morgan fingerprint density at radius 2 is 2.00 bits per heavy atom. The molecular formula is C12H7ClF2N2OS. The van der Waals surface area contributed by atoms with Gasteiger partial charge in [-0.3, -0.25) is 4.40 Å². The molecule has 0 fully saturated rings. The van der Waals surface area contributed by atoms with Crippen LogP contribution in [0.15, 0.2) is 29.8 Å². The number of aromatic nitrogens is 2. The van der Waals surface area contributed by atoms with Crippen molar-refractivity contribution in [1.29, 1.82) is 0 Å². The molecule has 1 aromatic carbocycles. The molecule has 3 rings (SSSR count). The molecule has 0 aliphatic heterocycles. The Bertz CT molecular complexity index is 720. The monoisotopic (exact) mass is 300 g/mol. The third-order valence-corrected chi connectivity index (χ3v) is 3.51. The zero-order valence-corrected chi connectivity index (χ0v) is 11.0. The van der Waals surface area contributed by atoms with Gasteiger partial charge in [0.05, 0.1) is 5.88 Å². The van der Waals surface area contributed by atoms with E-state index < -0.39 is 11.6 Å². The van der Waals surface area contributed by atoms with Gasteiger partial charge in [0, 0.05) is 29.8 Å². The Hall–Kier alpha value is -1.66. The average Bonchev–Trinajstić information content (AvgIpc) is 2.87. The molecule has 0 aliphatic rings. The minimum absolute atomic E-state index is 0.0506. The Labute approximate surface area is 116 Å². The molecule has 0 atom stereocenters. The molecular weight excluding hydrogens is 294 g/mol. The van der Waals surface area contributed by atoms with Gasteiger partial charge < -0.3 is 4.74 Å². The fraction of sp³-hybridized carbons (Fsp3) is 0.0833. The molecule has 3 nitrogen and oxygen atoms in total. The first-order valence-electron chi connectivity index (χ1n) is 5.31. The van der Waals surface area contributed by atoms with Crippen LogP contribution in [0.4, 0.5) is 8.78 Å². The number of hydrogen-bond acceptors (Lipinski definition) is 3. The third-order valence-electron chi connectivity index (χ3n) is 2.50. The highest BCUT2D eigenvalue weighted by Crippen LogP contribution is 2.29. The van der Waals surface area contributed by atoms with Gasteiger partial charge in [-0.05, 0) is 0 Å². The number of thiazole rings is 1. The van der Waals surface area contributed by atoms with E-state index in [0.29, 0.717) is 10.7 Å². The second kappa shape index (κ2) is 4.79. The maximum absolute atomic E-state index is 13.1. The van der Waals surface area contributed by atoms with E-state index in [9.17, 15) is 8.78 Å². The number of imidazole rings is 1. The molecule has 2 aromatic heterocycles. The summed E-state index contributed by atoms with van der Waals surface area (Å²) in [6.45, 7) is 0. The SMILES string of the molecule is Fc1cc(F)cc(Oc2nc3sccn3c2CCl)c1. The van der Waals surface area contributed by atoms with Gasteiger partial charge in [0.1, 0.15) is 23.1 Å². The van der Waals surface area contributed by atoms with Crippen molar-refractivity contribution in [2.75, 3.05) is 0 Å². The summed E-state index contributed by atoms with van der Waals surface area (Å²) in [5.41, 5.74) is 0.641. The highest BCUT2D eigenvalue weighted by atomic mass is 35.5. The minimum atomic E-state index is -0.705. The summed E-state index contributed by atoms with van der Waals surface area (Å²) in [5.74, 6) is -0.918. The standard InChI is InChI=1S/C12H7ClF2N2OS/c13-6-10-11(16-12-17(10)1-2-19-12)18-9-4-7(14)3-8(15)5-9/h1-5H,6H2. The molecule has 7 heteroatoms. The molecule has 2 heterocycles. The van der Waals surface area contributed by atoms with Crippen LogP contribution >= 0.6 is 22.9 Å². The van der Waals surface area contributed by atoms with Gasteiger partial charge in [0.25, 0.3) is 0 Å². The lowest BCUT2D eigenvalue weighted by atomic mass is 10.3. The van der Waals surface area contributed by atoms with Crippen LogP contribution in [-0.2, 0) is 5.88 Å². The molecule has 0 saturated heterocycles. The van der Waals surface area contributed by atoms with Gasteiger partial charge in [-0.25, -0.2) is 8.78 Å². The average molecular weight is 301 g/mol. The van der Waals surface area contributed by atoms with E-state index >= 15 is 0 Å². The summed E-state index contributed by atoms with van der Waals surface area (Å²) in [5, 5.41) is 1.87. The Balaban J connectivity index is 2.02. The lowest BCUT2D eigenvalue weighted by Gasteiger charge is -2.04. The number of benzene rings is 1. The van der Waals surface area contributed by atoms with Gasteiger partial charge in [-0.1, -0.05) is 0 Å². The number of nitrogens with zero attached hydrogens (tertiary/aromatic N) is 2. The minimum Gasteiger partial charge on any atom is -0.437 e. The number of fused-ring (bicyclic) bond motifs is 1. The molecule has 0 unspecified atom stereocenters. The molecule has 19 heavy (non-hydrogen) atoms. The fourth-order valence-corrected chi connectivity index (χ4v) is 2.68. The first kappa shape index (κ1) is 12.4. The summed E-state index contributed by atoms with van der Waals surface area (Å²) in [7, 11) is 0. The first-order valence-corrected chi connectivity index (χ1v) is 6.73. The molecule has 3 aromatic rings. The summed E-state index contributed by atoms with van der Waals surface area (Å²) in [6.07, 6.45) is 1.81. The summed E-state index contributed by atoms with van der Waals surface area (Å²) < 4.78 is 33.4. The molecule has 0 saturated carbocycles. The highest BCUT2D eigenvalue weighted by Gasteiger charge is 2.15. The zero-order chi connectivity index (χ0) is 13.4. The van der Waals surface area contributed by atoms with Crippen molar-refractivity contribution < 1.29 is 13.5 Å². The van der Waals surface area contributed by atoms with Gasteiger partial charge in [-0.15, -0.1) is 22.9 Å². The smallest absolute Gasteiger partial charge is 0.243 e. The highest BCUT2D eigenvalue weighted by molar-refractivity contribution is 7.15. The molecule has 0 spiro atoms. The van der Waals surface area contributed by atoms with Crippen molar-refractivity contribution in [2.45, 2.75) is 5.88 Å². The van der Waals surface area contributed by atoms with Crippen LogP contribution in [0.25, 0.3) is 4.96 Å². The second-order valence-electron chi connectivity index (χ2n) is 3.76. The van der Waals surface area contributed by atoms with Gasteiger partial charge >= 0.3 is 0 Å². The number of alkyl halides is 1. The van der Waals surface area contributed by atoms with Gasteiger partial charge in [-0.2, -0.15) is 4.98 Å². The predicted molar refractivity (Wildman–Crippen MR) is 69.1 cm³/mol. The van der Waals surface area contributed by atoms with Gasteiger partial charge in [0.2, 0.25) is 5.88 Å². The summed E-state index contributed by atoms with van der Waals surface area (Å²) in [4.78, 5) is 4.94. The Morgan fingerprint density at radius 1 is 1.26 bits per heavy atom. The molecule has 98 valence electrons. The van der Waals surface area contributed by atoms with Crippen LogP contribution < -0.4 is 4.74 Å². The van der Waals surface area contributed by atoms with Crippen LogP contribution in [0.5, 0.6) is 11.6 Å². The van der Waals surface area contributed by atoms with E-state index in [1.807, 2.05) is 11.6 Å². The quantitative estimate of drug-likeness (QED) is 0.678. The fourth-order valence-electron chi connectivity index (χ4n) is 1.72. The topological polar surface area (TPSA) is 26.5 Å². The van der Waals surface area contributed by atoms with Crippen molar-refractivity contribution in [3.63, 3.8) is 0 Å². The van der Waals surface area contributed by atoms with Crippen LogP contribution in [0.3, 0.4) is 0 Å². The van der Waals surface area contributed by atoms with Crippen molar-refractivity contribution in [3.05, 3.63) is 47.1 Å². The van der Waals surface area contributed by atoms with E-state index in [4.69, 9.17) is 16.3 Å². The lowest BCUT2D eigenvalue weighted by Crippen LogP contribution is -1.92. The Morgan fingerprint density at radius 3 is 2.68 bits per heavy atom. The van der Waals surface area contributed by atoms with Crippen molar-refractivity contribution in [3.8, 4) is 11.6 Å². The molecule has 0 amide bonds. The molecule has 0 radical (unpaired) electrons. The van der Waals surface area contributed by atoms with E-state index in [-0.39, 0.29) is 17.5 Å². The second-order valence-corrected chi connectivity index (χ2v) is 4.90. The molecule has 0 N–H and O–H groups in total. The first-order chi connectivity index (χ1) is 9.17. The zero-order valence-electron chi connectivity index (χ0n) is 9.44. The number of halogens is 3. The maximum atomic E-state index is 13.1. The summed E-state index contributed by atoms with van der Waals surface area (Å²) >= 11 is 7.27. The lowest BCUT2D eigenvalue weighted by molar-refractivity contribution is 0.450. The third kappa shape index (κ3) is 2.29. The van der Waals surface area contributed by atoms with Gasteiger partial charge in [0.15, 0.2) is 4.96 Å². The normalized spacial score (nSPS) is 11.1. The van der Waals surface area contributed by atoms with E-state index in [2.05, 4.69) is 4.98 Å². The van der Waals surface area contributed by atoms with Crippen molar-refractivity contribution >= 4 is 27.9 Å². The number of rotatable bonds is 3. The van der Waals surface area contributed by atoms with E-state index in [1.165, 1.54) is 11.3 Å². The predicted octanol–water partition coefficient (Wildman–Crippen LogP) is 4.21. The molecule has 0 bridgehead atoms. The van der Waals surface area contributed by atoms with Crippen molar-refractivity contribution in [2.24, 2.45) is 0 Å². The summed E-state index contributed by atoms with van der Waals surface area (Å²) in [6, 6.07) is 2.96. The van der Waals surface area contributed by atoms with Crippen LogP contribution in [0.2, 0.25) is 0 Å². The largest absolute Gasteiger partial charge is 0.437 e. The van der Waals surface area contributed by atoms with Crippen LogP contribution in [0, 0.1) is 11.6 Å². The van der Waals surface area contributed by atoms with Crippen LogP contribution in [-0.4, -0.2) is 9.38 Å². The maximum Gasteiger partial charge on any atom is 0.243 e. The molecule has 0 aliphatic carbocycles. The van der Waals surface area contributed by atoms with E-state index in [0.717, 1.165) is 18.2 Å². The van der Waals surface area contributed by atoms with Crippen molar-refractivity contribution in [1.82, 2.24) is 9.38 Å². The van der Waals surface area contributed by atoms with E-state index in [1.54, 1.807) is 4.40 Å². The number of hydrogen-bond donors (Lipinski definition) is 0. The Kier molecular flexibility index (Phi) is 3.12. The van der Waals surface area contributed by atoms with Crippen LogP contribution in [0.1, 0.15) is 5.69 Å².